The van der Waals surface area contributed by atoms with Gasteiger partial charge in [0, 0.05) is 62.6 Å². The number of non-ortho nitro benzene ring substituents is 1. The predicted molar refractivity (Wildman–Crippen MR) is 119 cm³/mol. The van der Waals surface area contributed by atoms with E-state index in [2.05, 4.69) is 5.10 Å². The molecule has 2 heterocycles. The van der Waals surface area contributed by atoms with Crippen molar-refractivity contribution in [3.63, 3.8) is 0 Å². The van der Waals surface area contributed by atoms with Crippen LogP contribution in [0.4, 0.5) is 11.4 Å². The largest absolute Gasteiger partial charge is 0.336 e. The average molecular weight is 458 g/mol. The molecule has 0 radical (unpaired) electrons. The smallest absolute Gasteiger partial charge is 0.270 e. The molecule has 0 aromatic heterocycles. The Balaban J connectivity index is 1.40. The highest BCUT2D eigenvalue weighted by molar-refractivity contribution is 7.89. The molecule has 1 saturated heterocycles. The second kappa shape index (κ2) is 8.67. The molecule has 2 aromatic rings. The van der Waals surface area contributed by atoms with E-state index in [4.69, 9.17) is 0 Å². The maximum absolute atomic E-state index is 12.9. The zero-order valence-electron chi connectivity index (χ0n) is 17.5. The highest BCUT2D eigenvalue weighted by Crippen LogP contribution is 2.23. The standard InChI is InChI=1S/C21H23N5O5S/c1-16-9-10-25(22-16)18-7-5-17(6-8-18)21(27)23-11-13-24(14-12-23)32(30,31)20-4-2-3-19(15-20)26(28)29/h2-8,15H,9-14H2,1H3. The van der Waals surface area contributed by atoms with Gasteiger partial charge in [-0.15, -0.1) is 0 Å². The lowest BCUT2D eigenvalue weighted by Gasteiger charge is -2.34. The number of carbonyl (C=O) groups is 1. The number of hydrogen-bond donors (Lipinski definition) is 0. The van der Waals surface area contributed by atoms with Crippen molar-refractivity contribution in [2.75, 3.05) is 37.7 Å². The number of rotatable bonds is 5. The van der Waals surface area contributed by atoms with E-state index in [0.29, 0.717) is 5.56 Å². The van der Waals surface area contributed by atoms with Crippen LogP contribution in [0.1, 0.15) is 23.7 Å². The summed E-state index contributed by atoms with van der Waals surface area (Å²) in [6.45, 7) is 3.53. The van der Waals surface area contributed by atoms with E-state index in [1.54, 1.807) is 17.0 Å². The number of nitro groups is 1. The molecule has 0 N–H and O–H groups in total. The van der Waals surface area contributed by atoms with Crippen LogP contribution in [-0.2, 0) is 10.0 Å². The molecule has 0 saturated carbocycles. The van der Waals surface area contributed by atoms with Crippen LogP contribution in [0.15, 0.2) is 58.5 Å². The Bertz CT molecular complexity index is 1170. The third-order valence-electron chi connectivity index (χ3n) is 5.58. The molecule has 2 aliphatic rings. The molecule has 0 bridgehead atoms. The minimum atomic E-state index is -3.88. The quantitative estimate of drug-likeness (QED) is 0.503. The predicted octanol–water partition coefficient (Wildman–Crippen LogP) is 2.33. The van der Waals surface area contributed by atoms with Gasteiger partial charge in [-0.25, -0.2) is 8.42 Å². The van der Waals surface area contributed by atoms with Gasteiger partial charge in [0.15, 0.2) is 0 Å². The second-order valence-electron chi connectivity index (χ2n) is 7.71. The maximum Gasteiger partial charge on any atom is 0.270 e. The van der Waals surface area contributed by atoms with E-state index >= 15 is 0 Å². The number of hydrogen-bond acceptors (Lipinski definition) is 7. The number of hydrazone groups is 1. The average Bonchev–Trinajstić information content (AvgIpc) is 3.25. The fraction of sp³-hybridized carbons (Fsp3) is 0.333. The van der Waals surface area contributed by atoms with Crippen molar-refractivity contribution in [3.8, 4) is 0 Å². The van der Waals surface area contributed by atoms with Gasteiger partial charge in [0.05, 0.1) is 15.5 Å². The third kappa shape index (κ3) is 4.34. The first-order valence-electron chi connectivity index (χ1n) is 10.2. The van der Waals surface area contributed by atoms with E-state index in [9.17, 15) is 23.3 Å². The van der Waals surface area contributed by atoms with E-state index in [1.165, 1.54) is 22.5 Å². The number of anilines is 1. The first-order chi connectivity index (χ1) is 15.3. The van der Waals surface area contributed by atoms with Crippen LogP contribution in [-0.4, -0.2) is 66.9 Å². The molecule has 1 amide bonds. The summed E-state index contributed by atoms with van der Waals surface area (Å²) in [5.74, 6) is -0.162. The van der Waals surface area contributed by atoms with Gasteiger partial charge in [-0.05, 0) is 37.3 Å². The Morgan fingerprint density at radius 2 is 1.72 bits per heavy atom. The summed E-state index contributed by atoms with van der Waals surface area (Å²) in [6.07, 6.45) is 0.921. The number of nitro benzene ring substituents is 1. The molecule has 11 heteroatoms. The van der Waals surface area contributed by atoms with Crippen molar-refractivity contribution >= 4 is 33.0 Å². The van der Waals surface area contributed by atoms with Crippen LogP contribution >= 0.6 is 0 Å². The zero-order chi connectivity index (χ0) is 22.9. The van der Waals surface area contributed by atoms with Crippen molar-refractivity contribution in [1.82, 2.24) is 9.21 Å². The Morgan fingerprint density at radius 3 is 2.31 bits per heavy atom. The number of piperazine rings is 1. The molecule has 4 rings (SSSR count). The number of sulfonamides is 1. The summed E-state index contributed by atoms with van der Waals surface area (Å²) in [4.78, 5) is 24.7. The van der Waals surface area contributed by atoms with Crippen molar-refractivity contribution in [3.05, 3.63) is 64.2 Å². The monoisotopic (exact) mass is 457 g/mol. The van der Waals surface area contributed by atoms with Gasteiger partial charge in [0.2, 0.25) is 10.0 Å². The van der Waals surface area contributed by atoms with Gasteiger partial charge in [-0.1, -0.05) is 6.07 Å². The molecule has 0 aliphatic carbocycles. The summed E-state index contributed by atoms with van der Waals surface area (Å²) in [5, 5.41) is 17.3. The lowest BCUT2D eigenvalue weighted by Crippen LogP contribution is -2.50. The lowest BCUT2D eigenvalue weighted by molar-refractivity contribution is -0.385. The highest BCUT2D eigenvalue weighted by atomic mass is 32.2. The molecule has 168 valence electrons. The molecule has 0 spiro atoms. The number of amides is 1. The van der Waals surface area contributed by atoms with Crippen LogP contribution in [0.5, 0.6) is 0 Å². The van der Waals surface area contributed by atoms with Crippen molar-refractivity contribution in [2.24, 2.45) is 5.10 Å². The van der Waals surface area contributed by atoms with Gasteiger partial charge in [0.1, 0.15) is 0 Å². The van der Waals surface area contributed by atoms with Crippen LogP contribution < -0.4 is 5.01 Å². The minimum absolute atomic E-state index is 0.122. The van der Waals surface area contributed by atoms with Gasteiger partial charge >= 0.3 is 0 Å². The van der Waals surface area contributed by atoms with Gasteiger partial charge in [-0.3, -0.25) is 19.9 Å². The topological polar surface area (TPSA) is 116 Å². The molecule has 0 atom stereocenters. The third-order valence-corrected chi connectivity index (χ3v) is 7.48. The fourth-order valence-corrected chi connectivity index (χ4v) is 5.22. The maximum atomic E-state index is 12.9. The summed E-state index contributed by atoms with van der Waals surface area (Å²) in [7, 11) is -3.88. The van der Waals surface area contributed by atoms with E-state index in [0.717, 1.165) is 30.4 Å². The molecule has 2 aromatic carbocycles. The fourth-order valence-electron chi connectivity index (χ4n) is 3.76. The van der Waals surface area contributed by atoms with Crippen LogP contribution in [0, 0.1) is 10.1 Å². The number of benzene rings is 2. The Labute approximate surface area is 185 Å². The SMILES string of the molecule is CC1=NN(c2ccc(C(=O)N3CCN(S(=O)(=O)c4cccc([N+](=O)[O-])c4)CC3)cc2)CC1. The summed E-state index contributed by atoms with van der Waals surface area (Å²) < 4.78 is 27.0. The highest BCUT2D eigenvalue weighted by Gasteiger charge is 2.31. The summed E-state index contributed by atoms with van der Waals surface area (Å²) >= 11 is 0. The van der Waals surface area contributed by atoms with Crippen LogP contribution in [0.3, 0.4) is 0 Å². The molecular formula is C21H23N5O5S. The van der Waals surface area contributed by atoms with Crippen molar-refractivity contribution in [1.29, 1.82) is 0 Å². The van der Waals surface area contributed by atoms with Crippen LogP contribution in [0.2, 0.25) is 0 Å². The van der Waals surface area contributed by atoms with Crippen molar-refractivity contribution < 1.29 is 18.1 Å². The van der Waals surface area contributed by atoms with Gasteiger partial charge in [-0.2, -0.15) is 9.41 Å². The zero-order valence-corrected chi connectivity index (χ0v) is 18.4. The molecule has 32 heavy (non-hydrogen) atoms. The Morgan fingerprint density at radius 1 is 1.03 bits per heavy atom. The van der Waals surface area contributed by atoms with Crippen LogP contribution in [0.25, 0.3) is 0 Å². The number of carbonyl (C=O) groups excluding carboxylic acids is 1. The molecular weight excluding hydrogens is 434 g/mol. The van der Waals surface area contributed by atoms with Gasteiger partial charge in [0.25, 0.3) is 11.6 Å². The molecule has 2 aliphatic heterocycles. The number of nitrogens with zero attached hydrogens (tertiary/aromatic N) is 5. The summed E-state index contributed by atoms with van der Waals surface area (Å²) in [5.41, 5.74) is 2.25. The first kappa shape index (κ1) is 21.9. The Hall–Kier alpha value is -3.31. The first-order valence-corrected chi connectivity index (χ1v) is 11.7. The Kier molecular flexibility index (Phi) is 5.94. The second-order valence-corrected chi connectivity index (χ2v) is 9.64. The van der Waals surface area contributed by atoms with E-state index < -0.39 is 14.9 Å². The minimum Gasteiger partial charge on any atom is -0.336 e. The molecule has 10 nitrogen and oxygen atoms in total. The molecule has 0 unspecified atom stereocenters. The summed E-state index contributed by atoms with van der Waals surface area (Å²) in [6, 6.07) is 12.2. The normalized spacial score (nSPS) is 17.3. The van der Waals surface area contributed by atoms with Crippen molar-refractivity contribution in [2.45, 2.75) is 18.2 Å². The van der Waals surface area contributed by atoms with E-state index in [-0.39, 0.29) is 42.7 Å². The van der Waals surface area contributed by atoms with Gasteiger partial charge < -0.3 is 4.90 Å². The lowest BCUT2D eigenvalue weighted by atomic mass is 10.1. The molecule has 1 fully saturated rings. The van der Waals surface area contributed by atoms with E-state index in [1.807, 2.05) is 24.1 Å².